The average Bonchev–Trinajstić information content (AvgIpc) is 2.83. The molecular weight excluding hydrogens is 352 g/mol. The van der Waals surface area contributed by atoms with Crippen LogP contribution in [-0.2, 0) is 6.54 Å². The number of hydrogen-bond acceptors (Lipinski definition) is 4. The van der Waals surface area contributed by atoms with E-state index in [9.17, 15) is 4.79 Å². The van der Waals surface area contributed by atoms with E-state index in [1.807, 2.05) is 11.8 Å². The number of benzene rings is 1. The summed E-state index contributed by atoms with van der Waals surface area (Å²) in [5, 5.41) is 7.77. The first-order valence-electron chi connectivity index (χ1n) is 8.85. The van der Waals surface area contributed by atoms with E-state index in [0.29, 0.717) is 22.9 Å². The fourth-order valence-corrected chi connectivity index (χ4v) is 3.60. The lowest BCUT2D eigenvalue weighted by Crippen LogP contribution is -2.35. The van der Waals surface area contributed by atoms with Gasteiger partial charge in [0, 0.05) is 49.5 Å². The molecule has 140 valence electrons. The third-order valence-electron chi connectivity index (χ3n) is 4.94. The summed E-state index contributed by atoms with van der Waals surface area (Å²) >= 11 is 6.16. The Morgan fingerprint density at radius 1 is 1.27 bits per heavy atom. The molecule has 1 aromatic carbocycles. The summed E-state index contributed by atoms with van der Waals surface area (Å²) in [6.45, 7) is 8.22. The van der Waals surface area contributed by atoms with E-state index in [-0.39, 0.29) is 5.91 Å². The van der Waals surface area contributed by atoms with Crippen LogP contribution in [-0.4, -0.2) is 59.2 Å². The van der Waals surface area contributed by atoms with Crippen molar-refractivity contribution in [2.24, 2.45) is 0 Å². The number of carbonyl (C=O) groups excluding carboxylic acids is 1. The van der Waals surface area contributed by atoms with Crippen LogP contribution >= 0.6 is 11.6 Å². The lowest BCUT2D eigenvalue weighted by Gasteiger charge is -2.22. The number of hydrogen-bond donors (Lipinski definition) is 1. The van der Waals surface area contributed by atoms with Gasteiger partial charge >= 0.3 is 0 Å². The largest absolute Gasteiger partial charge is 0.495 e. The summed E-state index contributed by atoms with van der Waals surface area (Å²) in [7, 11) is 1.57. The van der Waals surface area contributed by atoms with Crippen molar-refractivity contribution in [3.63, 3.8) is 0 Å². The van der Waals surface area contributed by atoms with Gasteiger partial charge in [0.1, 0.15) is 5.75 Å². The first-order chi connectivity index (χ1) is 12.5. The molecule has 0 atom stereocenters. The monoisotopic (exact) mass is 376 g/mol. The second-order valence-corrected chi connectivity index (χ2v) is 7.09. The van der Waals surface area contributed by atoms with E-state index in [2.05, 4.69) is 22.0 Å². The van der Waals surface area contributed by atoms with E-state index >= 15 is 0 Å². The quantitative estimate of drug-likeness (QED) is 0.890. The van der Waals surface area contributed by atoms with Crippen LogP contribution in [0.3, 0.4) is 0 Å². The molecule has 2 heterocycles. The first-order valence-corrected chi connectivity index (χ1v) is 9.23. The minimum absolute atomic E-state index is 0.0204. The Labute approximate surface area is 159 Å². The summed E-state index contributed by atoms with van der Waals surface area (Å²) in [4.78, 5) is 17.1. The van der Waals surface area contributed by atoms with E-state index < -0.39 is 0 Å². The number of halogens is 1. The zero-order chi connectivity index (χ0) is 18.7. The van der Waals surface area contributed by atoms with Crippen molar-refractivity contribution in [3.8, 4) is 5.75 Å². The molecule has 1 aliphatic rings. The maximum absolute atomic E-state index is 12.8. The maximum Gasteiger partial charge on any atom is 0.253 e. The Hall–Kier alpha value is -2.05. The van der Waals surface area contributed by atoms with Crippen molar-refractivity contribution in [1.29, 1.82) is 0 Å². The summed E-state index contributed by atoms with van der Waals surface area (Å²) in [5.74, 6) is 0.600. The smallest absolute Gasteiger partial charge is 0.253 e. The number of rotatable bonds is 4. The highest BCUT2D eigenvalue weighted by Gasteiger charge is 2.22. The number of ether oxygens (including phenoxy) is 1. The molecule has 6 nitrogen and oxygen atoms in total. The molecule has 26 heavy (non-hydrogen) atoms. The standard InChI is InChI=1S/C19H25ClN4O2/c1-13-16(14(2)22-21-13)12-23-7-4-8-24(10-9-23)19(25)15-5-6-18(26-3)17(20)11-15/h5-6,11H,4,7-10,12H2,1-3H3,(H,21,22). The van der Waals surface area contributed by atoms with Crippen LogP contribution in [0.25, 0.3) is 0 Å². The molecule has 1 aromatic heterocycles. The molecule has 7 heteroatoms. The molecule has 3 rings (SSSR count). The Bertz CT molecular complexity index is 770. The molecule has 0 aliphatic carbocycles. The molecule has 0 saturated carbocycles. The van der Waals surface area contributed by atoms with Gasteiger partial charge in [-0.3, -0.25) is 14.8 Å². The van der Waals surface area contributed by atoms with Gasteiger partial charge in [0.05, 0.1) is 17.8 Å². The van der Waals surface area contributed by atoms with Crippen molar-refractivity contribution < 1.29 is 9.53 Å². The molecule has 1 fully saturated rings. The molecular formula is C19H25ClN4O2. The van der Waals surface area contributed by atoms with Crippen LogP contribution in [0.4, 0.5) is 0 Å². The Morgan fingerprint density at radius 3 is 2.73 bits per heavy atom. The van der Waals surface area contributed by atoms with Crippen molar-refractivity contribution >= 4 is 17.5 Å². The lowest BCUT2D eigenvalue weighted by atomic mass is 10.2. The van der Waals surface area contributed by atoms with Gasteiger partial charge in [-0.1, -0.05) is 11.6 Å². The number of methoxy groups -OCH3 is 1. The van der Waals surface area contributed by atoms with Gasteiger partial charge in [-0.2, -0.15) is 5.10 Å². The zero-order valence-corrected chi connectivity index (χ0v) is 16.3. The van der Waals surface area contributed by atoms with Gasteiger partial charge < -0.3 is 9.64 Å². The number of nitrogens with zero attached hydrogens (tertiary/aromatic N) is 3. The van der Waals surface area contributed by atoms with Crippen molar-refractivity contribution in [3.05, 3.63) is 45.7 Å². The fourth-order valence-electron chi connectivity index (χ4n) is 3.34. The number of carbonyl (C=O) groups is 1. The second kappa shape index (κ2) is 8.10. The van der Waals surface area contributed by atoms with Gasteiger partial charge in [0.2, 0.25) is 0 Å². The third kappa shape index (κ3) is 4.02. The van der Waals surface area contributed by atoms with Crippen LogP contribution in [0, 0.1) is 13.8 Å². The van der Waals surface area contributed by atoms with Crippen LogP contribution in [0.5, 0.6) is 5.75 Å². The number of amides is 1. The maximum atomic E-state index is 12.8. The normalized spacial score (nSPS) is 15.8. The molecule has 0 radical (unpaired) electrons. The molecule has 1 amide bonds. The van der Waals surface area contributed by atoms with Crippen LogP contribution in [0.1, 0.15) is 33.7 Å². The van der Waals surface area contributed by atoms with E-state index in [4.69, 9.17) is 16.3 Å². The second-order valence-electron chi connectivity index (χ2n) is 6.68. The van der Waals surface area contributed by atoms with Crippen molar-refractivity contribution in [2.75, 3.05) is 33.3 Å². The first kappa shape index (κ1) is 18.7. The van der Waals surface area contributed by atoms with Gasteiger partial charge in [-0.25, -0.2) is 0 Å². The Morgan fingerprint density at radius 2 is 2.08 bits per heavy atom. The molecule has 0 unspecified atom stereocenters. The molecule has 1 N–H and O–H groups in total. The molecule has 1 aliphatic heterocycles. The predicted molar refractivity (Wildman–Crippen MR) is 102 cm³/mol. The zero-order valence-electron chi connectivity index (χ0n) is 15.5. The highest BCUT2D eigenvalue weighted by molar-refractivity contribution is 6.32. The van der Waals surface area contributed by atoms with Crippen LogP contribution in [0.2, 0.25) is 5.02 Å². The van der Waals surface area contributed by atoms with Gasteiger partial charge in [0.15, 0.2) is 0 Å². The molecule has 0 bridgehead atoms. The number of aryl methyl sites for hydroxylation is 2. The summed E-state index contributed by atoms with van der Waals surface area (Å²) in [6, 6.07) is 5.20. The molecule has 1 saturated heterocycles. The van der Waals surface area contributed by atoms with E-state index in [1.165, 1.54) is 5.56 Å². The Balaban J connectivity index is 1.64. The van der Waals surface area contributed by atoms with Crippen molar-refractivity contribution in [2.45, 2.75) is 26.8 Å². The minimum atomic E-state index is 0.0204. The topological polar surface area (TPSA) is 61.5 Å². The SMILES string of the molecule is COc1ccc(C(=O)N2CCCN(Cc3c(C)n[nH]c3C)CC2)cc1Cl. The van der Waals surface area contributed by atoms with E-state index in [1.54, 1.807) is 25.3 Å². The predicted octanol–water partition coefficient (Wildman–Crippen LogP) is 3.04. The minimum Gasteiger partial charge on any atom is -0.495 e. The van der Waals surface area contributed by atoms with Crippen molar-refractivity contribution in [1.82, 2.24) is 20.0 Å². The van der Waals surface area contributed by atoms with E-state index in [0.717, 1.165) is 44.0 Å². The van der Waals surface area contributed by atoms with Gasteiger partial charge in [-0.05, 0) is 38.5 Å². The number of nitrogens with one attached hydrogen (secondary N) is 1. The lowest BCUT2D eigenvalue weighted by molar-refractivity contribution is 0.0761. The van der Waals surface area contributed by atoms with Gasteiger partial charge in [0.25, 0.3) is 5.91 Å². The summed E-state index contributed by atoms with van der Waals surface area (Å²) in [6.07, 6.45) is 0.950. The third-order valence-corrected chi connectivity index (χ3v) is 5.23. The number of aromatic amines is 1. The van der Waals surface area contributed by atoms with Gasteiger partial charge in [-0.15, -0.1) is 0 Å². The highest BCUT2D eigenvalue weighted by atomic mass is 35.5. The summed E-state index contributed by atoms with van der Waals surface area (Å²) < 4.78 is 5.16. The summed E-state index contributed by atoms with van der Waals surface area (Å²) in [5.41, 5.74) is 4.03. The number of aromatic nitrogens is 2. The van der Waals surface area contributed by atoms with Crippen LogP contribution < -0.4 is 4.74 Å². The number of H-pyrrole nitrogens is 1. The fraction of sp³-hybridized carbons (Fsp3) is 0.474. The highest BCUT2D eigenvalue weighted by Crippen LogP contribution is 2.25. The average molecular weight is 377 g/mol. The molecule has 2 aromatic rings. The molecule has 0 spiro atoms. The Kier molecular flexibility index (Phi) is 5.84. The van der Waals surface area contributed by atoms with Crippen LogP contribution in [0.15, 0.2) is 18.2 Å².